The van der Waals surface area contributed by atoms with E-state index in [1.807, 2.05) is 19.1 Å². The Morgan fingerprint density at radius 1 is 1.56 bits per heavy atom. The molecule has 0 aliphatic heterocycles. The largest absolute Gasteiger partial charge is 0.508 e. The molecule has 2 atom stereocenters. The van der Waals surface area contributed by atoms with Crippen LogP contribution in [0.4, 0.5) is 0 Å². The number of phenols is 1. The molecule has 3 rings (SSSR count). The Balaban J connectivity index is 1.91. The number of fused-ring (bicyclic) bond motifs is 2. The normalized spacial score (nSPS) is 28.8. The summed E-state index contributed by atoms with van der Waals surface area (Å²) in [5, 5.41) is 9.55. The van der Waals surface area contributed by atoms with Crippen LogP contribution < -0.4 is 0 Å². The third-order valence-electron chi connectivity index (χ3n) is 4.34. The molecule has 3 heteroatoms. The third kappa shape index (κ3) is 1.61. The summed E-state index contributed by atoms with van der Waals surface area (Å²) in [5.74, 6) is 0.290. The fourth-order valence-electron chi connectivity index (χ4n) is 3.43. The molecule has 0 radical (unpaired) electrons. The van der Waals surface area contributed by atoms with E-state index in [0.717, 1.165) is 25.7 Å². The van der Waals surface area contributed by atoms with Gasteiger partial charge in [0.2, 0.25) is 0 Å². The number of esters is 1. The topological polar surface area (TPSA) is 46.5 Å². The van der Waals surface area contributed by atoms with E-state index in [0.29, 0.717) is 12.4 Å². The van der Waals surface area contributed by atoms with E-state index in [4.69, 9.17) is 4.74 Å². The van der Waals surface area contributed by atoms with Crippen LogP contribution in [-0.2, 0) is 21.4 Å². The molecule has 0 bridgehead atoms. The fourth-order valence-corrected chi connectivity index (χ4v) is 3.43. The first-order chi connectivity index (χ1) is 8.67. The van der Waals surface area contributed by atoms with E-state index in [1.54, 1.807) is 6.07 Å². The molecule has 1 spiro atoms. The van der Waals surface area contributed by atoms with Crippen LogP contribution in [0.15, 0.2) is 18.2 Å². The molecular formula is C15H18O3. The van der Waals surface area contributed by atoms with Gasteiger partial charge < -0.3 is 9.84 Å². The summed E-state index contributed by atoms with van der Waals surface area (Å²) in [5.41, 5.74) is 2.46. The molecule has 18 heavy (non-hydrogen) atoms. The van der Waals surface area contributed by atoms with Crippen molar-refractivity contribution in [2.45, 2.75) is 38.0 Å². The van der Waals surface area contributed by atoms with Crippen LogP contribution in [0.1, 0.15) is 37.3 Å². The van der Waals surface area contributed by atoms with E-state index < -0.39 is 0 Å². The van der Waals surface area contributed by atoms with Gasteiger partial charge in [0.15, 0.2) is 0 Å². The first-order valence-electron chi connectivity index (χ1n) is 6.66. The third-order valence-corrected chi connectivity index (χ3v) is 4.34. The number of benzene rings is 1. The second-order valence-electron chi connectivity index (χ2n) is 5.36. The second-order valence-corrected chi connectivity index (χ2v) is 5.36. The highest BCUT2D eigenvalue weighted by molar-refractivity contribution is 5.79. The number of hydrogen-bond acceptors (Lipinski definition) is 3. The molecule has 2 aliphatic carbocycles. The monoisotopic (exact) mass is 246 g/mol. The number of aromatic hydroxyl groups is 1. The lowest BCUT2D eigenvalue weighted by Crippen LogP contribution is -2.22. The molecule has 0 heterocycles. The fraction of sp³-hybridized carbons (Fsp3) is 0.533. The zero-order chi connectivity index (χ0) is 12.8. The molecule has 0 unspecified atom stereocenters. The molecule has 0 amide bonds. The van der Waals surface area contributed by atoms with Crippen molar-refractivity contribution < 1.29 is 14.6 Å². The van der Waals surface area contributed by atoms with Crippen LogP contribution in [0.5, 0.6) is 5.75 Å². The molecule has 2 aliphatic rings. The minimum absolute atomic E-state index is 0.00748. The minimum atomic E-state index is -0.0570. The number of phenolic OH excluding ortho intramolecular Hbond substituents is 1. The number of aryl methyl sites for hydroxylation is 1. The average molecular weight is 246 g/mol. The summed E-state index contributed by atoms with van der Waals surface area (Å²) in [7, 11) is 0. The van der Waals surface area contributed by atoms with Crippen molar-refractivity contribution in [1.29, 1.82) is 0 Å². The van der Waals surface area contributed by atoms with Crippen molar-refractivity contribution >= 4 is 5.97 Å². The molecule has 0 aromatic heterocycles. The summed E-state index contributed by atoms with van der Waals surface area (Å²) in [6.07, 6.45) is 4.06. The molecule has 1 N–H and O–H groups in total. The van der Waals surface area contributed by atoms with E-state index >= 15 is 0 Å². The van der Waals surface area contributed by atoms with Crippen LogP contribution in [0.2, 0.25) is 0 Å². The quantitative estimate of drug-likeness (QED) is 0.816. The van der Waals surface area contributed by atoms with Crippen molar-refractivity contribution in [1.82, 2.24) is 0 Å². The van der Waals surface area contributed by atoms with E-state index in [1.165, 1.54) is 11.1 Å². The summed E-state index contributed by atoms with van der Waals surface area (Å²) in [6, 6.07) is 5.56. The summed E-state index contributed by atoms with van der Waals surface area (Å²) in [6.45, 7) is 2.30. The Bertz CT molecular complexity index is 495. The van der Waals surface area contributed by atoms with Crippen LogP contribution >= 0.6 is 0 Å². The minimum Gasteiger partial charge on any atom is -0.508 e. The molecule has 3 nitrogen and oxygen atoms in total. The predicted octanol–water partition coefficient (Wildman–Crippen LogP) is 2.55. The van der Waals surface area contributed by atoms with Gasteiger partial charge in [0.25, 0.3) is 0 Å². The molecule has 0 saturated heterocycles. The Kier molecular flexibility index (Phi) is 2.58. The van der Waals surface area contributed by atoms with Crippen molar-refractivity contribution in [2.75, 3.05) is 6.61 Å². The van der Waals surface area contributed by atoms with Gasteiger partial charge in [0, 0.05) is 5.41 Å². The van der Waals surface area contributed by atoms with Crippen molar-refractivity contribution in [3.05, 3.63) is 29.3 Å². The van der Waals surface area contributed by atoms with Gasteiger partial charge >= 0.3 is 5.97 Å². The van der Waals surface area contributed by atoms with Gasteiger partial charge in [-0.25, -0.2) is 0 Å². The lowest BCUT2D eigenvalue weighted by atomic mass is 9.78. The molecule has 1 saturated carbocycles. The van der Waals surface area contributed by atoms with Gasteiger partial charge in [0.05, 0.1) is 12.5 Å². The smallest absolute Gasteiger partial charge is 0.309 e. The lowest BCUT2D eigenvalue weighted by molar-refractivity contribution is -0.145. The maximum Gasteiger partial charge on any atom is 0.309 e. The standard InChI is InChI=1S/C15H18O3/c1-2-18-14(17)13-9-15(13)7-3-4-10-8-11(16)5-6-12(10)15/h5-6,8,13,16H,2-4,7,9H2,1H3/t13-,15+/m0/s1. The summed E-state index contributed by atoms with van der Waals surface area (Å²) in [4.78, 5) is 11.9. The molecule has 1 aromatic carbocycles. The van der Waals surface area contributed by atoms with Crippen molar-refractivity contribution in [3.63, 3.8) is 0 Å². The average Bonchev–Trinajstić information content (AvgIpc) is 3.05. The van der Waals surface area contributed by atoms with Gasteiger partial charge in [-0.2, -0.15) is 0 Å². The zero-order valence-corrected chi connectivity index (χ0v) is 10.6. The van der Waals surface area contributed by atoms with Crippen LogP contribution in [0.3, 0.4) is 0 Å². The molecule has 1 fully saturated rings. The van der Waals surface area contributed by atoms with Crippen molar-refractivity contribution in [3.8, 4) is 5.75 Å². The van der Waals surface area contributed by atoms with Gasteiger partial charge in [-0.3, -0.25) is 4.79 Å². The van der Waals surface area contributed by atoms with E-state index in [-0.39, 0.29) is 17.3 Å². The van der Waals surface area contributed by atoms with Gasteiger partial charge in [-0.15, -0.1) is 0 Å². The molecule has 96 valence electrons. The van der Waals surface area contributed by atoms with Crippen LogP contribution in [-0.4, -0.2) is 17.7 Å². The first-order valence-corrected chi connectivity index (χ1v) is 6.66. The Morgan fingerprint density at radius 2 is 2.39 bits per heavy atom. The lowest BCUT2D eigenvalue weighted by Gasteiger charge is -2.26. The van der Waals surface area contributed by atoms with E-state index in [9.17, 15) is 9.90 Å². The summed E-state index contributed by atoms with van der Waals surface area (Å²) >= 11 is 0. The highest BCUT2D eigenvalue weighted by Gasteiger charge is 2.60. The van der Waals surface area contributed by atoms with Crippen LogP contribution in [0.25, 0.3) is 0 Å². The van der Waals surface area contributed by atoms with Crippen molar-refractivity contribution in [2.24, 2.45) is 5.92 Å². The van der Waals surface area contributed by atoms with Crippen LogP contribution in [0, 0.1) is 5.92 Å². The Morgan fingerprint density at radius 3 is 3.17 bits per heavy atom. The number of hydrogen-bond donors (Lipinski definition) is 1. The summed E-state index contributed by atoms with van der Waals surface area (Å²) < 4.78 is 5.14. The molecular weight excluding hydrogens is 228 g/mol. The predicted molar refractivity (Wildman–Crippen MR) is 67.5 cm³/mol. The highest BCUT2D eigenvalue weighted by atomic mass is 16.5. The highest BCUT2D eigenvalue weighted by Crippen LogP contribution is 2.60. The Labute approximate surface area is 107 Å². The SMILES string of the molecule is CCOC(=O)[C@@H]1C[C@@]12CCCc1cc(O)ccc12. The first kappa shape index (κ1) is 11.6. The number of carbonyl (C=O) groups excluding carboxylic acids is 1. The maximum absolute atomic E-state index is 11.9. The van der Waals surface area contributed by atoms with Gasteiger partial charge in [-0.1, -0.05) is 6.07 Å². The van der Waals surface area contributed by atoms with Gasteiger partial charge in [-0.05, 0) is 55.9 Å². The van der Waals surface area contributed by atoms with E-state index in [2.05, 4.69) is 0 Å². The Hall–Kier alpha value is -1.51. The maximum atomic E-state index is 11.9. The number of carbonyl (C=O) groups is 1. The second kappa shape index (κ2) is 4.01. The number of ether oxygens (including phenoxy) is 1. The number of rotatable bonds is 2. The zero-order valence-electron chi connectivity index (χ0n) is 10.6. The molecule has 1 aromatic rings. The van der Waals surface area contributed by atoms with Gasteiger partial charge in [0.1, 0.15) is 5.75 Å².